The van der Waals surface area contributed by atoms with E-state index in [4.69, 9.17) is 5.73 Å². The molecule has 0 fully saturated rings. The summed E-state index contributed by atoms with van der Waals surface area (Å²) in [7, 11) is 0. The summed E-state index contributed by atoms with van der Waals surface area (Å²) in [5.74, 6) is 0.544. The molecule has 0 spiro atoms. The summed E-state index contributed by atoms with van der Waals surface area (Å²) in [5.41, 5.74) is 8.46. The van der Waals surface area contributed by atoms with Crippen molar-refractivity contribution in [3.8, 4) is 0 Å². The van der Waals surface area contributed by atoms with Crippen molar-refractivity contribution in [1.82, 2.24) is 5.32 Å². The van der Waals surface area contributed by atoms with Crippen molar-refractivity contribution < 1.29 is 4.79 Å². The normalized spacial score (nSPS) is 19.6. The van der Waals surface area contributed by atoms with Gasteiger partial charge in [0.25, 0.3) is 0 Å². The number of hydrogen-bond acceptors (Lipinski definition) is 2. The van der Waals surface area contributed by atoms with Crippen LogP contribution in [-0.4, -0.2) is 18.5 Å². The second-order valence-electron chi connectivity index (χ2n) is 5.61. The van der Waals surface area contributed by atoms with Crippen LogP contribution in [0.5, 0.6) is 0 Å². The number of benzene rings is 1. The zero-order chi connectivity index (χ0) is 13.7. The Kier molecular flexibility index (Phi) is 4.97. The van der Waals surface area contributed by atoms with E-state index in [2.05, 4.69) is 29.6 Å². The van der Waals surface area contributed by atoms with Gasteiger partial charge in [0.1, 0.15) is 0 Å². The highest BCUT2D eigenvalue weighted by Crippen LogP contribution is 2.33. The topological polar surface area (TPSA) is 55.1 Å². The Labute approximate surface area is 115 Å². The molecule has 0 aliphatic heterocycles. The van der Waals surface area contributed by atoms with E-state index in [9.17, 15) is 4.79 Å². The average Bonchev–Trinajstić information content (AvgIpc) is 2.39. The average molecular weight is 260 g/mol. The highest BCUT2D eigenvalue weighted by atomic mass is 16.1. The van der Waals surface area contributed by atoms with Crippen LogP contribution in [0.3, 0.4) is 0 Å². The summed E-state index contributed by atoms with van der Waals surface area (Å²) >= 11 is 0. The molecule has 3 N–H and O–H groups in total. The molecular formula is C16H24N2O. The fraction of sp³-hybridized carbons (Fsp3) is 0.562. The molecule has 0 radical (unpaired) electrons. The molecule has 1 aromatic carbocycles. The van der Waals surface area contributed by atoms with Crippen LogP contribution >= 0.6 is 0 Å². The van der Waals surface area contributed by atoms with Crippen LogP contribution < -0.4 is 11.1 Å². The summed E-state index contributed by atoms with van der Waals surface area (Å²) in [6.45, 7) is 2.65. The molecule has 19 heavy (non-hydrogen) atoms. The number of rotatable bonds is 5. The van der Waals surface area contributed by atoms with Gasteiger partial charge in [0, 0.05) is 19.0 Å². The molecule has 2 atom stereocenters. The number of nitrogens with two attached hydrogens (primary N) is 1. The maximum atomic E-state index is 12.0. The molecule has 1 aromatic rings. The third-order valence-electron chi connectivity index (χ3n) is 3.85. The van der Waals surface area contributed by atoms with E-state index in [-0.39, 0.29) is 11.9 Å². The maximum Gasteiger partial charge on any atom is 0.220 e. The number of hydrogen-bond donors (Lipinski definition) is 2. The first-order valence-corrected chi connectivity index (χ1v) is 7.27. The molecule has 2 unspecified atom stereocenters. The van der Waals surface area contributed by atoms with Crippen molar-refractivity contribution in [3.63, 3.8) is 0 Å². The molecule has 2 rings (SSSR count). The highest BCUT2D eigenvalue weighted by molar-refractivity contribution is 5.77. The number of fused-ring (bicyclic) bond motifs is 1. The largest absolute Gasteiger partial charge is 0.356 e. The first-order valence-electron chi connectivity index (χ1n) is 7.27. The zero-order valence-corrected chi connectivity index (χ0v) is 11.7. The van der Waals surface area contributed by atoms with Crippen molar-refractivity contribution >= 4 is 5.91 Å². The van der Waals surface area contributed by atoms with Crippen molar-refractivity contribution in [2.75, 3.05) is 6.54 Å². The summed E-state index contributed by atoms with van der Waals surface area (Å²) in [4.78, 5) is 12.0. The van der Waals surface area contributed by atoms with Gasteiger partial charge in [-0.2, -0.15) is 0 Å². The lowest BCUT2D eigenvalue weighted by Crippen LogP contribution is -2.30. The predicted octanol–water partition coefficient (Wildman–Crippen LogP) is 2.35. The van der Waals surface area contributed by atoms with E-state index < -0.39 is 0 Å². The summed E-state index contributed by atoms with van der Waals surface area (Å²) in [6.07, 6.45) is 4.91. The third-order valence-corrected chi connectivity index (χ3v) is 3.85. The molecule has 3 nitrogen and oxygen atoms in total. The molecule has 0 aromatic heterocycles. The SMILES string of the molecule is CC(N)CCNC(=O)CC1CCCc2ccccc21. The van der Waals surface area contributed by atoms with E-state index in [0.717, 1.165) is 19.3 Å². The quantitative estimate of drug-likeness (QED) is 0.854. The van der Waals surface area contributed by atoms with Crippen LogP contribution in [0.2, 0.25) is 0 Å². The van der Waals surface area contributed by atoms with E-state index in [1.807, 2.05) is 6.92 Å². The Bertz CT molecular complexity index is 429. The molecule has 1 amide bonds. The molecule has 104 valence electrons. The first-order chi connectivity index (χ1) is 9.16. The Hall–Kier alpha value is -1.35. The number of carbonyl (C=O) groups excluding carboxylic acids is 1. The smallest absolute Gasteiger partial charge is 0.220 e. The number of amides is 1. The molecule has 1 aliphatic carbocycles. The number of carbonyl (C=O) groups is 1. The second-order valence-corrected chi connectivity index (χ2v) is 5.61. The van der Waals surface area contributed by atoms with Gasteiger partial charge in [0.2, 0.25) is 5.91 Å². The lowest BCUT2D eigenvalue weighted by atomic mass is 9.81. The van der Waals surface area contributed by atoms with E-state index in [1.54, 1.807) is 0 Å². The molecule has 1 aliphatic rings. The van der Waals surface area contributed by atoms with Gasteiger partial charge in [0.05, 0.1) is 0 Å². The van der Waals surface area contributed by atoms with Crippen molar-refractivity contribution in [2.45, 2.75) is 51.0 Å². The van der Waals surface area contributed by atoms with Crippen LogP contribution in [0.4, 0.5) is 0 Å². The molecular weight excluding hydrogens is 236 g/mol. The minimum atomic E-state index is 0.149. The van der Waals surface area contributed by atoms with Crippen molar-refractivity contribution in [2.24, 2.45) is 5.73 Å². The van der Waals surface area contributed by atoms with E-state index >= 15 is 0 Å². The van der Waals surface area contributed by atoms with Crippen molar-refractivity contribution in [1.29, 1.82) is 0 Å². The molecule has 0 saturated carbocycles. The Morgan fingerprint density at radius 3 is 3.05 bits per heavy atom. The number of aryl methyl sites for hydroxylation is 1. The fourth-order valence-corrected chi connectivity index (χ4v) is 2.80. The monoisotopic (exact) mass is 260 g/mol. The summed E-state index contributed by atoms with van der Waals surface area (Å²) < 4.78 is 0. The highest BCUT2D eigenvalue weighted by Gasteiger charge is 2.21. The van der Waals surface area contributed by atoms with Gasteiger partial charge < -0.3 is 11.1 Å². The van der Waals surface area contributed by atoms with Crippen molar-refractivity contribution in [3.05, 3.63) is 35.4 Å². The molecule has 0 saturated heterocycles. The fourth-order valence-electron chi connectivity index (χ4n) is 2.80. The Morgan fingerprint density at radius 1 is 1.47 bits per heavy atom. The van der Waals surface area contributed by atoms with Crippen LogP contribution in [0.25, 0.3) is 0 Å². The van der Waals surface area contributed by atoms with Gasteiger partial charge in [-0.25, -0.2) is 0 Å². The van der Waals surface area contributed by atoms with Crippen LogP contribution in [0, 0.1) is 0 Å². The van der Waals surface area contributed by atoms with Gasteiger partial charge in [-0.3, -0.25) is 4.79 Å². The van der Waals surface area contributed by atoms with Gasteiger partial charge in [-0.05, 0) is 49.7 Å². The number of nitrogens with one attached hydrogen (secondary N) is 1. The third kappa shape index (κ3) is 4.06. The second kappa shape index (κ2) is 6.71. The molecule has 0 bridgehead atoms. The molecule has 3 heteroatoms. The molecule has 0 heterocycles. The Balaban J connectivity index is 1.88. The van der Waals surface area contributed by atoms with Gasteiger partial charge in [-0.15, -0.1) is 0 Å². The lowest BCUT2D eigenvalue weighted by molar-refractivity contribution is -0.121. The first kappa shape index (κ1) is 14.1. The standard InChI is InChI=1S/C16H24N2O/c1-12(17)9-10-18-16(19)11-14-7-4-6-13-5-2-3-8-15(13)14/h2-3,5,8,12,14H,4,6-7,9-11,17H2,1H3,(H,18,19). The Morgan fingerprint density at radius 2 is 2.26 bits per heavy atom. The minimum absolute atomic E-state index is 0.149. The van der Waals surface area contributed by atoms with Crippen LogP contribution in [-0.2, 0) is 11.2 Å². The summed E-state index contributed by atoms with van der Waals surface area (Å²) in [6, 6.07) is 8.68. The van der Waals surface area contributed by atoms with E-state index in [1.165, 1.54) is 17.5 Å². The zero-order valence-electron chi connectivity index (χ0n) is 11.7. The predicted molar refractivity (Wildman–Crippen MR) is 78.0 cm³/mol. The maximum absolute atomic E-state index is 12.0. The van der Waals surface area contributed by atoms with Gasteiger partial charge >= 0.3 is 0 Å². The van der Waals surface area contributed by atoms with Crippen LogP contribution in [0.15, 0.2) is 24.3 Å². The lowest BCUT2D eigenvalue weighted by Gasteiger charge is -2.25. The summed E-state index contributed by atoms with van der Waals surface area (Å²) in [5, 5.41) is 2.97. The van der Waals surface area contributed by atoms with E-state index in [0.29, 0.717) is 18.9 Å². The van der Waals surface area contributed by atoms with Gasteiger partial charge in [-0.1, -0.05) is 24.3 Å². The van der Waals surface area contributed by atoms with Crippen LogP contribution in [0.1, 0.15) is 49.7 Å². The minimum Gasteiger partial charge on any atom is -0.356 e. The van der Waals surface area contributed by atoms with Gasteiger partial charge in [0.15, 0.2) is 0 Å².